The summed E-state index contributed by atoms with van der Waals surface area (Å²) in [6.45, 7) is 2.15. The molecule has 4 nitrogen and oxygen atoms in total. The van der Waals surface area contributed by atoms with Gasteiger partial charge in [-0.25, -0.2) is 0 Å². The molecular weight excluding hydrogens is 386 g/mol. The molecule has 2 aromatic rings. The molecule has 2 atom stereocenters. The Morgan fingerprint density at radius 2 is 1.68 bits per heavy atom. The molecule has 1 saturated carbocycles. The Hall–Kier alpha value is -2.17. The van der Waals surface area contributed by atoms with Gasteiger partial charge in [-0.2, -0.15) is 0 Å². The zero-order valence-electron chi connectivity index (χ0n) is 18.2. The van der Waals surface area contributed by atoms with Gasteiger partial charge in [-0.15, -0.1) is 0 Å². The summed E-state index contributed by atoms with van der Waals surface area (Å²) in [6.07, 6.45) is 7.32. The minimum Gasteiger partial charge on any atom is -0.377 e. The van der Waals surface area contributed by atoms with Gasteiger partial charge in [0.15, 0.2) is 0 Å². The van der Waals surface area contributed by atoms with Gasteiger partial charge < -0.3 is 14.4 Å². The molecule has 0 bridgehead atoms. The number of nitrogens with zero attached hydrogens (tertiary/aromatic N) is 1. The maximum Gasteiger partial charge on any atom is 0.225 e. The molecule has 0 spiro atoms. The highest BCUT2D eigenvalue weighted by Gasteiger charge is 2.58. The molecule has 0 radical (unpaired) electrons. The molecule has 31 heavy (non-hydrogen) atoms. The molecule has 5 rings (SSSR count). The quantitative estimate of drug-likeness (QED) is 0.557. The topological polar surface area (TPSA) is 38.8 Å². The largest absolute Gasteiger partial charge is 0.377 e. The van der Waals surface area contributed by atoms with Crippen molar-refractivity contribution in [2.24, 2.45) is 11.8 Å². The van der Waals surface area contributed by atoms with Crippen molar-refractivity contribution in [3.63, 3.8) is 0 Å². The number of hydrogen-bond acceptors (Lipinski definition) is 3. The summed E-state index contributed by atoms with van der Waals surface area (Å²) in [6, 6.07) is 20.9. The molecular formula is C27H33NO3. The van der Waals surface area contributed by atoms with E-state index in [-0.39, 0.29) is 17.7 Å². The fourth-order valence-electron chi connectivity index (χ4n) is 5.97. The van der Waals surface area contributed by atoms with Crippen LogP contribution in [0.3, 0.4) is 0 Å². The number of ether oxygens (including phenoxy) is 2. The molecule has 3 aliphatic rings. The summed E-state index contributed by atoms with van der Waals surface area (Å²) in [5, 5.41) is 0. The molecule has 0 N–H and O–H groups in total. The Kier molecular flexibility index (Phi) is 6.10. The molecule has 2 aromatic carbocycles. The van der Waals surface area contributed by atoms with Crippen LogP contribution in [0.1, 0.15) is 62.1 Å². The van der Waals surface area contributed by atoms with Gasteiger partial charge >= 0.3 is 0 Å². The molecule has 2 heterocycles. The van der Waals surface area contributed by atoms with Crippen LogP contribution >= 0.6 is 0 Å². The number of rotatable bonds is 7. The Bertz CT molecular complexity index is 863. The van der Waals surface area contributed by atoms with Crippen LogP contribution < -0.4 is 0 Å². The minimum atomic E-state index is -0.369. The van der Waals surface area contributed by atoms with Crippen LogP contribution in [-0.2, 0) is 20.9 Å². The second-order valence-electron chi connectivity index (χ2n) is 9.39. The predicted molar refractivity (Wildman–Crippen MR) is 120 cm³/mol. The smallest absolute Gasteiger partial charge is 0.225 e. The number of fused-ring (bicyclic) bond motifs is 1. The molecule has 3 fully saturated rings. The van der Waals surface area contributed by atoms with Crippen LogP contribution in [0.4, 0.5) is 0 Å². The molecule has 4 heteroatoms. The molecule has 2 saturated heterocycles. The SMILES string of the molecule is O=C1CC[C@@]2(C3CCC(CCOCc4ccccc4)CC3)OC[C@H](c3ccccc3)N12. The number of amides is 1. The molecule has 1 amide bonds. The van der Waals surface area contributed by atoms with Gasteiger partial charge in [0.1, 0.15) is 5.72 Å². The molecule has 1 aliphatic carbocycles. The fourth-order valence-corrected chi connectivity index (χ4v) is 5.97. The molecule has 0 aromatic heterocycles. The first-order chi connectivity index (χ1) is 15.3. The first-order valence-corrected chi connectivity index (χ1v) is 11.9. The number of carbonyl (C=O) groups is 1. The first-order valence-electron chi connectivity index (χ1n) is 11.9. The second-order valence-corrected chi connectivity index (χ2v) is 9.39. The minimum absolute atomic E-state index is 0.0697. The van der Waals surface area contributed by atoms with Gasteiger partial charge in [0.25, 0.3) is 0 Å². The lowest BCUT2D eigenvalue weighted by molar-refractivity contribution is -0.150. The van der Waals surface area contributed by atoms with E-state index in [9.17, 15) is 4.79 Å². The van der Waals surface area contributed by atoms with E-state index in [0.717, 1.165) is 38.2 Å². The third-order valence-corrected chi connectivity index (χ3v) is 7.63. The fraction of sp³-hybridized carbons (Fsp3) is 0.519. The van der Waals surface area contributed by atoms with Crippen molar-refractivity contribution in [1.82, 2.24) is 4.90 Å². The van der Waals surface area contributed by atoms with Crippen LogP contribution in [-0.4, -0.2) is 29.7 Å². The third kappa shape index (κ3) is 4.16. The van der Waals surface area contributed by atoms with Gasteiger partial charge in [0, 0.05) is 25.4 Å². The maximum atomic E-state index is 12.9. The molecule has 164 valence electrons. The normalized spacial score (nSPS) is 30.5. The molecule has 2 aliphatic heterocycles. The summed E-state index contributed by atoms with van der Waals surface area (Å²) < 4.78 is 12.4. The van der Waals surface area contributed by atoms with E-state index >= 15 is 0 Å². The van der Waals surface area contributed by atoms with E-state index in [1.54, 1.807) is 0 Å². The van der Waals surface area contributed by atoms with Crippen LogP contribution in [0, 0.1) is 11.8 Å². The van der Waals surface area contributed by atoms with Crippen molar-refractivity contribution in [2.75, 3.05) is 13.2 Å². The van der Waals surface area contributed by atoms with Crippen molar-refractivity contribution in [3.05, 3.63) is 71.8 Å². The summed E-state index contributed by atoms with van der Waals surface area (Å²) in [7, 11) is 0. The van der Waals surface area contributed by atoms with Gasteiger partial charge in [-0.1, -0.05) is 60.7 Å². The number of benzene rings is 2. The van der Waals surface area contributed by atoms with Gasteiger partial charge in [0.2, 0.25) is 5.91 Å². The zero-order valence-corrected chi connectivity index (χ0v) is 18.2. The highest BCUT2D eigenvalue weighted by Crippen LogP contribution is 2.52. The van der Waals surface area contributed by atoms with Gasteiger partial charge in [-0.05, 0) is 49.1 Å². The van der Waals surface area contributed by atoms with Crippen molar-refractivity contribution < 1.29 is 14.3 Å². The Morgan fingerprint density at radius 1 is 0.968 bits per heavy atom. The van der Waals surface area contributed by atoms with Crippen LogP contribution in [0.25, 0.3) is 0 Å². The lowest BCUT2D eigenvalue weighted by atomic mass is 9.75. The van der Waals surface area contributed by atoms with E-state index in [4.69, 9.17) is 9.47 Å². The second kappa shape index (κ2) is 9.13. The Balaban J connectivity index is 1.15. The zero-order chi connectivity index (χ0) is 21.1. The predicted octanol–water partition coefficient (Wildman–Crippen LogP) is 5.49. The van der Waals surface area contributed by atoms with E-state index in [1.807, 2.05) is 12.1 Å². The summed E-state index contributed by atoms with van der Waals surface area (Å²) in [5.41, 5.74) is 2.07. The lowest BCUT2D eigenvalue weighted by Crippen LogP contribution is -2.49. The first kappa shape index (κ1) is 20.7. The monoisotopic (exact) mass is 419 g/mol. The average Bonchev–Trinajstić information content (AvgIpc) is 3.37. The Labute approximate surface area is 185 Å². The third-order valence-electron chi connectivity index (χ3n) is 7.63. The molecule has 0 unspecified atom stereocenters. The Morgan fingerprint density at radius 3 is 2.42 bits per heavy atom. The summed E-state index contributed by atoms with van der Waals surface area (Å²) in [4.78, 5) is 15.0. The highest BCUT2D eigenvalue weighted by atomic mass is 16.5. The standard InChI is InChI=1S/C27H33NO3/c29-26-15-17-27(28(26)25(20-31-27)23-9-5-2-6-10-23)24-13-11-21(12-14-24)16-18-30-19-22-7-3-1-4-8-22/h1-10,21,24-25H,11-20H2/t21?,24?,25-,27+/m1/s1. The van der Waals surface area contributed by atoms with Crippen LogP contribution in [0.5, 0.6) is 0 Å². The van der Waals surface area contributed by atoms with Crippen molar-refractivity contribution >= 4 is 5.91 Å². The van der Waals surface area contributed by atoms with Crippen molar-refractivity contribution in [1.29, 1.82) is 0 Å². The maximum absolute atomic E-state index is 12.9. The van der Waals surface area contributed by atoms with Gasteiger partial charge in [0.05, 0.1) is 19.3 Å². The van der Waals surface area contributed by atoms with Crippen molar-refractivity contribution in [3.8, 4) is 0 Å². The van der Waals surface area contributed by atoms with E-state index < -0.39 is 0 Å². The number of carbonyl (C=O) groups excluding carboxylic acids is 1. The van der Waals surface area contributed by atoms with Crippen LogP contribution in [0.2, 0.25) is 0 Å². The van der Waals surface area contributed by atoms with Gasteiger partial charge in [-0.3, -0.25) is 4.79 Å². The van der Waals surface area contributed by atoms with E-state index in [0.29, 0.717) is 25.6 Å². The lowest BCUT2D eigenvalue weighted by Gasteiger charge is -2.43. The van der Waals surface area contributed by atoms with Crippen molar-refractivity contribution in [2.45, 2.75) is 63.3 Å². The average molecular weight is 420 g/mol. The van der Waals surface area contributed by atoms with E-state index in [1.165, 1.54) is 24.0 Å². The summed E-state index contributed by atoms with van der Waals surface area (Å²) in [5.74, 6) is 1.44. The highest BCUT2D eigenvalue weighted by molar-refractivity contribution is 5.80. The van der Waals surface area contributed by atoms with Crippen LogP contribution in [0.15, 0.2) is 60.7 Å². The van der Waals surface area contributed by atoms with E-state index in [2.05, 4.69) is 53.4 Å². The summed E-state index contributed by atoms with van der Waals surface area (Å²) >= 11 is 0. The number of hydrogen-bond donors (Lipinski definition) is 0.